The molecule has 2 N–H and O–H groups in total. The Kier molecular flexibility index (Phi) is 3.71. The predicted molar refractivity (Wildman–Crippen MR) is 56.1 cm³/mol. The highest BCUT2D eigenvalue weighted by molar-refractivity contribution is 5.92. The van der Waals surface area contributed by atoms with Gasteiger partial charge >= 0.3 is 0 Å². The monoisotopic (exact) mass is 195 g/mol. The number of aryl methyl sites for hydroxylation is 1. The number of nitrogens with two attached hydrogens (primary N) is 1. The largest absolute Gasteiger partial charge is 0.344 e. The molecule has 0 aliphatic heterocycles. The van der Waals surface area contributed by atoms with Crippen molar-refractivity contribution < 1.29 is 4.79 Å². The van der Waals surface area contributed by atoms with E-state index in [1.807, 2.05) is 29.8 Å². The molecule has 0 spiro atoms. The Bertz CT molecular complexity index is 306. The fourth-order valence-electron chi connectivity index (χ4n) is 1.37. The highest BCUT2D eigenvalue weighted by atomic mass is 16.2. The first kappa shape index (κ1) is 10.8. The number of rotatable bonds is 4. The molecule has 0 bridgehead atoms. The van der Waals surface area contributed by atoms with Gasteiger partial charge in [0, 0.05) is 32.9 Å². The zero-order valence-electron chi connectivity index (χ0n) is 8.73. The molecule has 0 aliphatic carbocycles. The second kappa shape index (κ2) is 4.81. The Morgan fingerprint density at radius 3 is 2.93 bits per heavy atom. The van der Waals surface area contributed by atoms with Crippen LogP contribution >= 0.6 is 0 Å². The molecule has 1 heterocycles. The number of hydrogen-bond acceptors (Lipinski definition) is 2. The average molecular weight is 195 g/mol. The molecule has 0 saturated heterocycles. The quantitative estimate of drug-likeness (QED) is 0.762. The summed E-state index contributed by atoms with van der Waals surface area (Å²) in [6.45, 7) is 3.91. The third kappa shape index (κ3) is 2.14. The van der Waals surface area contributed by atoms with Crippen LogP contribution in [0.2, 0.25) is 0 Å². The van der Waals surface area contributed by atoms with E-state index in [-0.39, 0.29) is 5.91 Å². The third-order valence-corrected chi connectivity index (χ3v) is 2.20. The van der Waals surface area contributed by atoms with E-state index in [1.165, 1.54) is 0 Å². The Morgan fingerprint density at radius 1 is 1.64 bits per heavy atom. The van der Waals surface area contributed by atoms with Crippen molar-refractivity contribution in [2.24, 2.45) is 5.73 Å². The molecule has 0 aromatic carbocycles. The standard InChI is InChI=1S/C10H17N3O/c1-3-13-7-4-5-9(13)10(14)12(2)8-6-11/h4-5,7H,3,6,8,11H2,1-2H3. The van der Waals surface area contributed by atoms with Crippen molar-refractivity contribution >= 4 is 5.91 Å². The molecule has 0 saturated carbocycles. The molecule has 14 heavy (non-hydrogen) atoms. The van der Waals surface area contributed by atoms with Gasteiger partial charge in [0.1, 0.15) is 5.69 Å². The minimum Gasteiger partial charge on any atom is -0.344 e. The third-order valence-electron chi connectivity index (χ3n) is 2.20. The number of likely N-dealkylation sites (N-methyl/N-ethyl adjacent to an activating group) is 1. The summed E-state index contributed by atoms with van der Waals surface area (Å²) in [6.07, 6.45) is 1.91. The number of carbonyl (C=O) groups is 1. The zero-order chi connectivity index (χ0) is 10.6. The summed E-state index contributed by atoms with van der Waals surface area (Å²) >= 11 is 0. The lowest BCUT2D eigenvalue weighted by molar-refractivity contribution is 0.0788. The van der Waals surface area contributed by atoms with Gasteiger partial charge < -0.3 is 15.2 Å². The molecule has 0 atom stereocenters. The van der Waals surface area contributed by atoms with Crippen LogP contribution in [0.1, 0.15) is 17.4 Å². The van der Waals surface area contributed by atoms with E-state index in [1.54, 1.807) is 11.9 Å². The van der Waals surface area contributed by atoms with Gasteiger partial charge in [-0.1, -0.05) is 0 Å². The Hall–Kier alpha value is -1.29. The highest BCUT2D eigenvalue weighted by Crippen LogP contribution is 2.05. The molecule has 0 aliphatic rings. The first-order valence-electron chi connectivity index (χ1n) is 4.81. The van der Waals surface area contributed by atoms with Crippen molar-refractivity contribution in [2.75, 3.05) is 20.1 Å². The molecular weight excluding hydrogens is 178 g/mol. The van der Waals surface area contributed by atoms with Crippen molar-refractivity contribution in [1.82, 2.24) is 9.47 Å². The van der Waals surface area contributed by atoms with Crippen molar-refractivity contribution in [3.63, 3.8) is 0 Å². The fourth-order valence-corrected chi connectivity index (χ4v) is 1.37. The minimum atomic E-state index is 0.0299. The Morgan fingerprint density at radius 2 is 2.36 bits per heavy atom. The summed E-state index contributed by atoms with van der Waals surface area (Å²) in [5, 5.41) is 0. The van der Waals surface area contributed by atoms with E-state index in [4.69, 9.17) is 5.73 Å². The molecule has 1 aromatic heterocycles. The van der Waals surface area contributed by atoms with E-state index in [0.29, 0.717) is 13.1 Å². The fraction of sp³-hybridized carbons (Fsp3) is 0.500. The number of hydrogen-bond donors (Lipinski definition) is 1. The molecule has 0 unspecified atom stereocenters. The van der Waals surface area contributed by atoms with E-state index >= 15 is 0 Å². The van der Waals surface area contributed by atoms with Gasteiger partial charge in [0.05, 0.1) is 0 Å². The number of carbonyl (C=O) groups excluding carboxylic acids is 1. The van der Waals surface area contributed by atoms with Crippen LogP contribution in [0.5, 0.6) is 0 Å². The van der Waals surface area contributed by atoms with Crippen LogP contribution in [0, 0.1) is 0 Å². The molecule has 1 amide bonds. The van der Waals surface area contributed by atoms with Crippen molar-refractivity contribution in [3.05, 3.63) is 24.0 Å². The summed E-state index contributed by atoms with van der Waals surface area (Å²) in [4.78, 5) is 13.5. The van der Waals surface area contributed by atoms with Gasteiger partial charge in [-0.15, -0.1) is 0 Å². The maximum atomic E-state index is 11.8. The molecule has 0 fully saturated rings. The van der Waals surface area contributed by atoms with Crippen LogP contribution in [0.3, 0.4) is 0 Å². The smallest absolute Gasteiger partial charge is 0.270 e. The molecular formula is C10H17N3O. The zero-order valence-corrected chi connectivity index (χ0v) is 8.73. The van der Waals surface area contributed by atoms with Gasteiger partial charge in [0.2, 0.25) is 0 Å². The normalized spacial score (nSPS) is 10.2. The maximum Gasteiger partial charge on any atom is 0.270 e. The SMILES string of the molecule is CCn1cccc1C(=O)N(C)CCN. The van der Waals surface area contributed by atoms with Crippen molar-refractivity contribution in [1.29, 1.82) is 0 Å². The van der Waals surface area contributed by atoms with Crippen LogP contribution in [0.15, 0.2) is 18.3 Å². The number of nitrogens with zero attached hydrogens (tertiary/aromatic N) is 2. The van der Waals surface area contributed by atoms with E-state index in [0.717, 1.165) is 12.2 Å². The van der Waals surface area contributed by atoms with E-state index in [9.17, 15) is 4.79 Å². The lowest BCUT2D eigenvalue weighted by atomic mass is 10.3. The molecule has 1 aromatic rings. The molecule has 4 heteroatoms. The average Bonchev–Trinajstić information content (AvgIpc) is 2.64. The summed E-state index contributed by atoms with van der Waals surface area (Å²) in [5.41, 5.74) is 6.12. The summed E-state index contributed by atoms with van der Waals surface area (Å²) in [6, 6.07) is 3.71. The van der Waals surface area contributed by atoms with Crippen LogP contribution in [-0.2, 0) is 6.54 Å². The van der Waals surface area contributed by atoms with E-state index < -0.39 is 0 Å². The lowest BCUT2D eigenvalue weighted by Crippen LogP contribution is -2.32. The predicted octanol–water partition coefficient (Wildman–Crippen LogP) is 0.539. The Balaban J connectivity index is 2.78. The summed E-state index contributed by atoms with van der Waals surface area (Å²) < 4.78 is 1.93. The second-order valence-electron chi connectivity index (χ2n) is 3.19. The minimum absolute atomic E-state index is 0.0299. The lowest BCUT2D eigenvalue weighted by Gasteiger charge is -2.16. The molecule has 1 rings (SSSR count). The van der Waals surface area contributed by atoms with Crippen molar-refractivity contribution in [3.8, 4) is 0 Å². The molecule has 4 nitrogen and oxygen atoms in total. The van der Waals surface area contributed by atoms with Gasteiger partial charge in [-0.2, -0.15) is 0 Å². The van der Waals surface area contributed by atoms with Crippen LogP contribution < -0.4 is 5.73 Å². The summed E-state index contributed by atoms with van der Waals surface area (Å²) in [7, 11) is 1.77. The Labute approximate surface area is 84.3 Å². The van der Waals surface area contributed by atoms with Gasteiger partial charge in [0.15, 0.2) is 0 Å². The van der Waals surface area contributed by atoms with Crippen LogP contribution in [0.4, 0.5) is 0 Å². The van der Waals surface area contributed by atoms with Crippen molar-refractivity contribution in [2.45, 2.75) is 13.5 Å². The highest BCUT2D eigenvalue weighted by Gasteiger charge is 2.13. The summed E-state index contributed by atoms with van der Waals surface area (Å²) in [5.74, 6) is 0.0299. The van der Waals surface area contributed by atoms with Crippen LogP contribution in [-0.4, -0.2) is 35.5 Å². The molecule has 0 radical (unpaired) electrons. The van der Waals surface area contributed by atoms with Crippen LogP contribution in [0.25, 0.3) is 0 Å². The molecule has 78 valence electrons. The van der Waals surface area contributed by atoms with E-state index in [2.05, 4.69) is 0 Å². The maximum absolute atomic E-state index is 11.8. The van der Waals surface area contributed by atoms with Gasteiger partial charge in [0.25, 0.3) is 5.91 Å². The topological polar surface area (TPSA) is 51.3 Å². The van der Waals surface area contributed by atoms with Gasteiger partial charge in [-0.05, 0) is 19.1 Å². The number of amides is 1. The second-order valence-corrected chi connectivity index (χ2v) is 3.19. The first-order valence-corrected chi connectivity index (χ1v) is 4.81. The number of aromatic nitrogens is 1. The van der Waals surface area contributed by atoms with Gasteiger partial charge in [-0.3, -0.25) is 4.79 Å². The van der Waals surface area contributed by atoms with Gasteiger partial charge in [-0.25, -0.2) is 0 Å². The first-order chi connectivity index (χ1) is 6.70.